The fourth-order valence-corrected chi connectivity index (χ4v) is 1.27. The minimum atomic E-state index is -0.765. The van der Waals surface area contributed by atoms with Crippen LogP contribution >= 0.6 is 0 Å². The number of allylic oxidation sites excluding steroid dienone is 1. The van der Waals surface area contributed by atoms with Crippen molar-refractivity contribution < 1.29 is 9.53 Å². The Hall–Kier alpha value is -1.15. The zero-order chi connectivity index (χ0) is 11.7. The highest BCUT2D eigenvalue weighted by molar-refractivity contribution is 5.87. The van der Waals surface area contributed by atoms with Crippen LogP contribution in [0, 0.1) is 0 Å². The van der Waals surface area contributed by atoms with E-state index in [1.165, 1.54) is 0 Å². The Kier molecular flexibility index (Phi) is 6.63. The van der Waals surface area contributed by atoms with Crippen molar-refractivity contribution in [1.29, 1.82) is 0 Å². The third-order valence-electron chi connectivity index (χ3n) is 2.22. The highest BCUT2D eigenvalue weighted by atomic mass is 16.5. The molecular formula is C13H20O2. The molecule has 0 rings (SSSR count). The number of rotatable bonds is 9. The quantitative estimate of drug-likeness (QED) is 0.544. The Bertz CT molecular complexity index is 243. The average Bonchev–Trinajstić information content (AvgIpc) is 2.23. The van der Waals surface area contributed by atoms with Gasteiger partial charge in [-0.15, -0.1) is 19.7 Å². The predicted octanol–water partition coefficient (Wildman–Crippen LogP) is 3.06. The summed E-state index contributed by atoms with van der Waals surface area (Å²) in [5.74, 6) is 0.0872. The van der Waals surface area contributed by atoms with E-state index in [-0.39, 0.29) is 5.78 Å². The van der Waals surface area contributed by atoms with Gasteiger partial charge < -0.3 is 4.74 Å². The summed E-state index contributed by atoms with van der Waals surface area (Å²) in [5.41, 5.74) is -0.765. The Morgan fingerprint density at radius 1 is 1.27 bits per heavy atom. The number of carbonyl (C=O) groups excluding carboxylic acids is 1. The molecule has 0 fully saturated rings. The number of ketones is 1. The van der Waals surface area contributed by atoms with Crippen molar-refractivity contribution in [1.82, 2.24) is 0 Å². The molecule has 0 unspecified atom stereocenters. The molecule has 84 valence electrons. The van der Waals surface area contributed by atoms with E-state index in [0.717, 1.165) is 0 Å². The lowest BCUT2D eigenvalue weighted by molar-refractivity contribution is -0.140. The predicted molar refractivity (Wildman–Crippen MR) is 63.8 cm³/mol. The van der Waals surface area contributed by atoms with Gasteiger partial charge in [-0.2, -0.15) is 0 Å². The van der Waals surface area contributed by atoms with E-state index >= 15 is 0 Å². The SMILES string of the molecule is C=CCCC(=O)[C@](C)(CC=C)OCC=C. The van der Waals surface area contributed by atoms with Gasteiger partial charge in [0.2, 0.25) is 0 Å². The molecule has 0 aromatic heterocycles. The first-order chi connectivity index (χ1) is 7.10. The molecule has 0 aliphatic heterocycles. The number of Topliss-reactive ketones (excluding diaryl/α,β-unsaturated/α-hetero) is 1. The molecular weight excluding hydrogens is 188 g/mol. The zero-order valence-corrected chi connectivity index (χ0v) is 9.50. The number of hydrogen-bond acceptors (Lipinski definition) is 2. The van der Waals surface area contributed by atoms with Gasteiger partial charge in [0, 0.05) is 12.8 Å². The molecule has 0 aliphatic carbocycles. The highest BCUT2D eigenvalue weighted by Crippen LogP contribution is 2.20. The van der Waals surface area contributed by atoms with Crippen molar-refractivity contribution in [2.45, 2.75) is 31.8 Å². The van der Waals surface area contributed by atoms with Gasteiger partial charge in [-0.3, -0.25) is 4.79 Å². The molecule has 0 N–H and O–H groups in total. The lowest BCUT2D eigenvalue weighted by atomic mass is 9.93. The topological polar surface area (TPSA) is 26.3 Å². The van der Waals surface area contributed by atoms with Gasteiger partial charge in [-0.25, -0.2) is 0 Å². The second-order valence-corrected chi connectivity index (χ2v) is 3.57. The maximum Gasteiger partial charge on any atom is 0.164 e. The molecule has 0 heterocycles. The van der Waals surface area contributed by atoms with Gasteiger partial charge in [0.1, 0.15) is 5.60 Å². The van der Waals surface area contributed by atoms with Crippen molar-refractivity contribution >= 4 is 5.78 Å². The summed E-state index contributed by atoms with van der Waals surface area (Å²) in [6.07, 6.45) is 6.75. The van der Waals surface area contributed by atoms with Crippen LogP contribution in [0.3, 0.4) is 0 Å². The van der Waals surface area contributed by atoms with Gasteiger partial charge >= 0.3 is 0 Å². The maximum atomic E-state index is 11.9. The summed E-state index contributed by atoms with van der Waals surface area (Å²) in [5, 5.41) is 0. The van der Waals surface area contributed by atoms with Crippen LogP contribution in [0.4, 0.5) is 0 Å². The van der Waals surface area contributed by atoms with Crippen LogP contribution in [-0.2, 0) is 9.53 Å². The monoisotopic (exact) mass is 208 g/mol. The van der Waals surface area contributed by atoms with Crippen molar-refractivity contribution in [2.75, 3.05) is 6.61 Å². The van der Waals surface area contributed by atoms with E-state index in [0.29, 0.717) is 25.9 Å². The van der Waals surface area contributed by atoms with E-state index in [2.05, 4.69) is 19.7 Å². The first kappa shape index (κ1) is 13.8. The fraction of sp³-hybridized carbons (Fsp3) is 0.462. The van der Waals surface area contributed by atoms with Crippen molar-refractivity contribution in [3.63, 3.8) is 0 Å². The minimum Gasteiger partial charge on any atom is -0.363 e. The molecule has 0 bridgehead atoms. The molecule has 0 amide bonds. The van der Waals surface area contributed by atoms with Gasteiger partial charge in [0.05, 0.1) is 6.61 Å². The van der Waals surface area contributed by atoms with E-state index in [1.54, 1.807) is 25.2 Å². The van der Waals surface area contributed by atoms with Crippen LogP contribution in [-0.4, -0.2) is 18.0 Å². The third-order valence-corrected chi connectivity index (χ3v) is 2.22. The number of carbonyl (C=O) groups is 1. The Morgan fingerprint density at radius 2 is 1.93 bits per heavy atom. The fourth-order valence-electron chi connectivity index (χ4n) is 1.27. The van der Waals surface area contributed by atoms with E-state index < -0.39 is 5.60 Å². The van der Waals surface area contributed by atoms with Gasteiger partial charge in [-0.05, 0) is 13.3 Å². The third kappa shape index (κ3) is 4.75. The lowest BCUT2D eigenvalue weighted by Crippen LogP contribution is -2.38. The molecule has 15 heavy (non-hydrogen) atoms. The largest absolute Gasteiger partial charge is 0.363 e. The average molecular weight is 208 g/mol. The van der Waals surface area contributed by atoms with Crippen LogP contribution in [0.5, 0.6) is 0 Å². The van der Waals surface area contributed by atoms with Crippen molar-refractivity contribution in [3.8, 4) is 0 Å². The molecule has 0 saturated heterocycles. The zero-order valence-electron chi connectivity index (χ0n) is 9.50. The normalized spacial score (nSPS) is 13.9. The first-order valence-corrected chi connectivity index (χ1v) is 5.10. The van der Waals surface area contributed by atoms with Crippen molar-refractivity contribution in [2.24, 2.45) is 0 Å². The van der Waals surface area contributed by atoms with E-state index in [4.69, 9.17) is 4.74 Å². The molecule has 0 aromatic rings. The lowest BCUT2D eigenvalue weighted by Gasteiger charge is -2.26. The van der Waals surface area contributed by atoms with Gasteiger partial charge in [0.25, 0.3) is 0 Å². The molecule has 2 nitrogen and oxygen atoms in total. The van der Waals surface area contributed by atoms with Crippen LogP contribution < -0.4 is 0 Å². The molecule has 0 spiro atoms. The smallest absolute Gasteiger partial charge is 0.164 e. The minimum absolute atomic E-state index is 0.0872. The summed E-state index contributed by atoms with van der Waals surface area (Å²) in [6.45, 7) is 13.0. The summed E-state index contributed by atoms with van der Waals surface area (Å²) in [4.78, 5) is 11.9. The standard InChI is InChI=1S/C13H20O2/c1-5-8-9-12(14)13(4,10-6-2)15-11-7-3/h5-7H,1-3,8-11H2,4H3/t13-/m0/s1. The van der Waals surface area contributed by atoms with Crippen LogP contribution in [0.25, 0.3) is 0 Å². The van der Waals surface area contributed by atoms with Gasteiger partial charge in [0.15, 0.2) is 5.78 Å². The second-order valence-electron chi connectivity index (χ2n) is 3.57. The number of hydrogen-bond donors (Lipinski definition) is 0. The Labute approximate surface area is 92.3 Å². The molecule has 0 aromatic carbocycles. The van der Waals surface area contributed by atoms with Crippen LogP contribution in [0.2, 0.25) is 0 Å². The van der Waals surface area contributed by atoms with Crippen molar-refractivity contribution in [3.05, 3.63) is 38.0 Å². The summed E-state index contributed by atoms with van der Waals surface area (Å²) < 4.78 is 5.50. The maximum absolute atomic E-state index is 11.9. The van der Waals surface area contributed by atoms with Crippen LogP contribution in [0.15, 0.2) is 38.0 Å². The van der Waals surface area contributed by atoms with E-state index in [9.17, 15) is 4.79 Å². The van der Waals surface area contributed by atoms with Crippen LogP contribution in [0.1, 0.15) is 26.2 Å². The summed E-state index contributed by atoms with van der Waals surface area (Å²) in [6, 6.07) is 0. The first-order valence-electron chi connectivity index (χ1n) is 5.10. The molecule has 0 radical (unpaired) electrons. The summed E-state index contributed by atoms with van der Waals surface area (Å²) in [7, 11) is 0. The molecule has 0 aliphatic rings. The number of ether oxygens (including phenoxy) is 1. The summed E-state index contributed by atoms with van der Waals surface area (Å²) >= 11 is 0. The van der Waals surface area contributed by atoms with Gasteiger partial charge in [-0.1, -0.05) is 18.2 Å². The second kappa shape index (κ2) is 7.18. The molecule has 2 heteroatoms. The highest BCUT2D eigenvalue weighted by Gasteiger charge is 2.31. The molecule has 0 saturated carbocycles. The van der Waals surface area contributed by atoms with E-state index in [1.807, 2.05) is 0 Å². The Balaban J connectivity index is 4.44. The molecule has 1 atom stereocenters. The Morgan fingerprint density at radius 3 is 2.40 bits per heavy atom.